The minimum atomic E-state index is -3.73. The van der Waals surface area contributed by atoms with Crippen molar-refractivity contribution in [2.24, 2.45) is 0 Å². The lowest BCUT2D eigenvalue weighted by molar-refractivity contribution is -0.118. The highest BCUT2D eigenvalue weighted by atomic mass is 32.2. The third-order valence-electron chi connectivity index (χ3n) is 3.93. The van der Waals surface area contributed by atoms with Crippen LogP contribution in [-0.4, -0.2) is 34.0 Å². The highest BCUT2D eigenvalue weighted by molar-refractivity contribution is 7.89. The molecule has 2 aromatic rings. The predicted molar refractivity (Wildman–Crippen MR) is 90.5 cm³/mol. The van der Waals surface area contributed by atoms with Gasteiger partial charge in [0.25, 0.3) is 0 Å². The summed E-state index contributed by atoms with van der Waals surface area (Å²) in [6.07, 6.45) is 0.406. The first-order valence-electron chi connectivity index (χ1n) is 7.55. The van der Waals surface area contributed by atoms with Gasteiger partial charge in [0.2, 0.25) is 15.9 Å². The zero-order valence-corrected chi connectivity index (χ0v) is 14.0. The smallest absolute Gasteiger partial charge is 0.245 e. The molecule has 1 N–H and O–H groups in total. The van der Waals surface area contributed by atoms with E-state index in [-0.39, 0.29) is 10.8 Å². The van der Waals surface area contributed by atoms with Crippen LogP contribution in [0.2, 0.25) is 0 Å². The number of methoxy groups -OCH3 is 1. The monoisotopic (exact) mass is 346 g/mol. The number of carbonyl (C=O) groups excluding carboxylic acids is 1. The van der Waals surface area contributed by atoms with E-state index in [0.29, 0.717) is 24.4 Å². The molecule has 1 fully saturated rings. The highest BCUT2D eigenvalue weighted by Gasteiger charge is 2.36. The van der Waals surface area contributed by atoms with E-state index >= 15 is 0 Å². The van der Waals surface area contributed by atoms with Crippen LogP contribution in [0.25, 0.3) is 0 Å². The van der Waals surface area contributed by atoms with Gasteiger partial charge in [0.05, 0.1) is 17.7 Å². The number of ether oxygens (including phenoxy) is 1. The minimum absolute atomic E-state index is 0.147. The molecule has 0 bridgehead atoms. The molecule has 24 heavy (non-hydrogen) atoms. The zero-order valence-electron chi connectivity index (χ0n) is 13.2. The normalized spacial score (nSPS) is 18.0. The lowest BCUT2D eigenvalue weighted by Gasteiger charge is -2.19. The quantitative estimate of drug-likeness (QED) is 0.895. The maximum absolute atomic E-state index is 12.6. The number of hydrogen-bond donors (Lipinski definition) is 1. The second-order valence-corrected chi connectivity index (χ2v) is 7.15. The van der Waals surface area contributed by atoms with E-state index in [0.717, 1.165) is 0 Å². The van der Waals surface area contributed by atoms with Crippen molar-refractivity contribution in [3.63, 3.8) is 0 Å². The largest absolute Gasteiger partial charge is 0.495 e. The topological polar surface area (TPSA) is 75.7 Å². The van der Waals surface area contributed by atoms with Crippen LogP contribution < -0.4 is 14.4 Å². The maximum Gasteiger partial charge on any atom is 0.245 e. The van der Waals surface area contributed by atoms with Gasteiger partial charge in [0.15, 0.2) is 0 Å². The highest BCUT2D eigenvalue weighted by Crippen LogP contribution is 2.31. The summed E-state index contributed by atoms with van der Waals surface area (Å²) in [6, 6.07) is 14.4. The zero-order chi connectivity index (χ0) is 17.2. The number of nitrogens with zero attached hydrogens (tertiary/aromatic N) is 1. The van der Waals surface area contributed by atoms with Crippen molar-refractivity contribution < 1.29 is 17.9 Å². The van der Waals surface area contributed by atoms with E-state index in [1.54, 1.807) is 35.2 Å². The van der Waals surface area contributed by atoms with Gasteiger partial charge in [-0.1, -0.05) is 30.3 Å². The molecule has 0 saturated carbocycles. The number of nitrogens with one attached hydrogen (secondary N) is 1. The second kappa shape index (κ2) is 6.62. The molecule has 126 valence electrons. The van der Waals surface area contributed by atoms with Gasteiger partial charge in [-0.3, -0.25) is 4.79 Å². The summed E-state index contributed by atoms with van der Waals surface area (Å²) in [6.45, 7) is 0.432. The Labute approximate surface area is 141 Å². The molecule has 1 heterocycles. The van der Waals surface area contributed by atoms with Crippen molar-refractivity contribution in [1.29, 1.82) is 0 Å². The van der Waals surface area contributed by atoms with E-state index < -0.39 is 16.1 Å². The summed E-state index contributed by atoms with van der Waals surface area (Å²) in [5.74, 6) is 0.302. The Kier molecular flexibility index (Phi) is 4.55. The average molecular weight is 346 g/mol. The van der Waals surface area contributed by atoms with Gasteiger partial charge in [0, 0.05) is 6.54 Å². The summed E-state index contributed by atoms with van der Waals surface area (Å²) in [5, 5.41) is 0. The standard InChI is InChI=1S/C17H18N2O4S/c1-23-16-10-6-5-9-15(16)19-12-11-14(17(19)20)18-24(21,22)13-7-3-2-4-8-13/h2-10,14,18H,11-12H2,1H3/t14-/m0/s1. The van der Waals surface area contributed by atoms with E-state index in [1.165, 1.54) is 19.2 Å². The van der Waals surface area contributed by atoms with Gasteiger partial charge in [-0.15, -0.1) is 0 Å². The molecule has 6 nitrogen and oxygen atoms in total. The molecule has 0 aromatic heterocycles. The number of sulfonamides is 1. The first-order chi connectivity index (χ1) is 11.5. The van der Waals surface area contributed by atoms with Gasteiger partial charge < -0.3 is 9.64 Å². The molecule has 0 aliphatic carbocycles. The van der Waals surface area contributed by atoms with E-state index in [2.05, 4.69) is 4.72 Å². The molecule has 1 aliphatic heterocycles. The van der Waals surface area contributed by atoms with Crippen LogP contribution in [0.5, 0.6) is 5.75 Å². The Bertz CT molecular complexity index is 837. The third kappa shape index (κ3) is 3.13. The molecule has 1 amide bonds. The first kappa shape index (κ1) is 16.5. The van der Waals surface area contributed by atoms with Crippen LogP contribution in [-0.2, 0) is 14.8 Å². The van der Waals surface area contributed by atoms with Gasteiger partial charge in [0.1, 0.15) is 11.8 Å². The van der Waals surface area contributed by atoms with E-state index in [1.807, 2.05) is 12.1 Å². The molecule has 1 saturated heterocycles. The Hall–Kier alpha value is -2.38. The number of anilines is 1. The van der Waals surface area contributed by atoms with Gasteiger partial charge >= 0.3 is 0 Å². The fraction of sp³-hybridized carbons (Fsp3) is 0.235. The SMILES string of the molecule is COc1ccccc1N1CC[C@H](NS(=O)(=O)c2ccccc2)C1=O. The lowest BCUT2D eigenvalue weighted by Crippen LogP contribution is -2.41. The lowest BCUT2D eigenvalue weighted by atomic mass is 10.2. The maximum atomic E-state index is 12.6. The minimum Gasteiger partial charge on any atom is -0.495 e. The molecule has 0 radical (unpaired) electrons. The molecule has 7 heteroatoms. The fourth-order valence-corrected chi connectivity index (χ4v) is 3.98. The summed E-state index contributed by atoms with van der Waals surface area (Å²) in [7, 11) is -2.19. The molecule has 0 spiro atoms. The number of amides is 1. The number of hydrogen-bond acceptors (Lipinski definition) is 4. The summed E-state index contributed by atoms with van der Waals surface area (Å²) in [4.78, 5) is 14.3. The first-order valence-corrected chi connectivity index (χ1v) is 9.03. The molecule has 1 atom stereocenters. The number of benzene rings is 2. The number of carbonyl (C=O) groups is 1. The van der Waals surface area contributed by atoms with Crippen LogP contribution >= 0.6 is 0 Å². The Morgan fingerprint density at radius 3 is 2.46 bits per heavy atom. The van der Waals surface area contributed by atoms with Crippen molar-refractivity contribution in [3.8, 4) is 5.75 Å². The van der Waals surface area contributed by atoms with Crippen molar-refractivity contribution in [1.82, 2.24) is 4.72 Å². The fourth-order valence-electron chi connectivity index (χ4n) is 2.74. The number of para-hydroxylation sites is 2. The van der Waals surface area contributed by atoms with E-state index in [4.69, 9.17) is 4.74 Å². The predicted octanol–water partition coefficient (Wildman–Crippen LogP) is 1.78. The molecule has 0 unspecified atom stereocenters. The van der Waals surface area contributed by atoms with Gasteiger partial charge in [-0.25, -0.2) is 8.42 Å². The second-order valence-electron chi connectivity index (χ2n) is 5.44. The van der Waals surface area contributed by atoms with Crippen LogP contribution in [0.4, 0.5) is 5.69 Å². The van der Waals surface area contributed by atoms with Crippen LogP contribution in [0.15, 0.2) is 59.5 Å². The van der Waals surface area contributed by atoms with Crippen LogP contribution in [0.3, 0.4) is 0 Å². The van der Waals surface area contributed by atoms with Crippen molar-refractivity contribution in [2.75, 3.05) is 18.6 Å². The Morgan fingerprint density at radius 1 is 1.08 bits per heavy atom. The van der Waals surface area contributed by atoms with Crippen molar-refractivity contribution >= 4 is 21.6 Å². The Morgan fingerprint density at radius 2 is 1.75 bits per heavy atom. The molecule has 1 aliphatic rings. The van der Waals surface area contributed by atoms with Gasteiger partial charge in [-0.2, -0.15) is 4.72 Å². The summed E-state index contributed by atoms with van der Waals surface area (Å²) >= 11 is 0. The summed E-state index contributed by atoms with van der Waals surface area (Å²) < 4.78 is 32.6. The molecular weight excluding hydrogens is 328 g/mol. The number of rotatable bonds is 5. The molecule has 3 rings (SSSR count). The molecular formula is C17H18N2O4S. The van der Waals surface area contributed by atoms with Crippen molar-refractivity contribution in [3.05, 3.63) is 54.6 Å². The Balaban J connectivity index is 1.80. The van der Waals surface area contributed by atoms with Crippen molar-refractivity contribution in [2.45, 2.75) is 17.4 Å². The van der Waals surface area contributed by atoms with Gasteiger partial charge in [-0.05, 0) is 30.7 Å². The molecule has 2 aromatic carbocycles. The van der Waals surface area contributed by atoms with Crippen LogP contribution in [0, 0.1) is 0 Å². The third-order valence-corrected chi connectivity index (χ3v) is 5.42. The van der Waals surface area contributed by atoms with E-state index in [9.17, 15) is 13.2 Å². The summed E-state index contributed by atoms with van der Waals surface area (Å²) in [5.41, 5.74) is 0.645. The van der Waals surface area contributed by atoms with Crippen LogP contribution in [0.1, 0.15) is 6.42 Å². The average Bonchev–Trinajstić information content (AvgIpc) is 2.95.